The highest BCUT2D eigenvalue weighted by molar-refractivity contribution is 5.81. The lowest BCUT2D eigenvalue weighted by molar-refractivity contribution is -0.131. The summed E-state index contributed by atoms with van der Waals surface area (Å²) in [6, 6.07) is 1.52. The van der Waals surface area contributed by atoms with Crippen molar-refractivity contribution in [1.82, 2.24) is 4.90 Å². The van der Waals surface area contributed by atoms with E-state index >= 15 is 0 Å². The molecule has 0 aromatic carbocycles. The molecule has 4 heteroatoms. The number of amides is 1. The molecule has 4 nitrogen and oxygen atoms in total. The van der Waals surface area contributed by atoms with Gasteiger partial charge in [-0.05, 0) is 13.8 Å². The largest absolute Gasteiger partial charge is 0.341 e. The quantitative estimate of drug-likeness (QED) is 0.648. The van der Waals surface area contributed by atoms with Crippen molar-refractivity contribution in [3.8, 4) is 6.07 Å². The molecule has 0 aromatic heterocycles. The van der Waals surface area contributed by atoms with Crippen molar-refractivity contribution in [3.05, 3.63) is 0 Å². The Morgan fingerprint density at radius 2 is 2.33 bits per heavy atom. The van der Waals surface area contributed by atoms with Crippen LogP contribution in [0.1, 0.15) is 20.3 Å². The average molecular weight is 169 g/mol. The van der Waals surface area contributed by atoms with Gasteiger partial charge in [0, 0.05) is 13.1 Å². The van der Waals surface area contributed by atoms with Crippen LogP contribution in [0.3, 0.4) is 0 Å². The van der Waals surface area contributed by atoms with Crippen molar-refractivity contribution >= 4 is 5.91 Å². The minimum Gasteiger partial charge on any atom is -0.341 e. The molecular formula is C8H15N3O. The number of likely N-dealkylation sites (N-methyl/N-ethyl adjacent to an activating group) is 1. The van der Waals surface area contributed by atoms with Crippen molar-refractivity contribution in [2.45, 2.75) is 26.3 Å². The molecule has 0 bridgehead atoms. The second kappa shape index (κ2) is 5.56. The number of nitrogens with two attached hydrogens (primary N) is 1. The fourth-order valence-electron chi connectivity index (χ4n) is 0.897. The first kappa shape index (κ1) is 10.9. The van der Waals surface area contributed by atoms with Crippen molar-refractivity contribution in [3.63, 3.8) is 0 Å². The van der Waals surface area contributed by atoms with E-state index in [4.69, 9.17) is 11.0 Å². The molecule has 0 heterocycles. The molecule has 1 amide bonds. The molecule has 0 aromatic rings. The predicted octanol–water partition coefficient (Wildman–Crippen LogP) is 0.0958. The molecule has 0 aliphatic heterocycles. The lowest BCUT2D eigenvalue weighted by Crippen LogP contribution is -2.42. The first-order chi connectivity index (χ1) is 5.63. The highest BCUT2D eigenvalue weighted by Crippen LogP contribution is 1.94. The van der Waals surface area contributed by atoms with Crippen LogP contribution in [0.25, 0.3) is 0 Å². The van der Waals surface area contributed by atoms with Crippen LogP contribution in [0.2, 0.25) is 0 Å². The molecule has 12 heavy (non-hydrogen) atoms. The molecule has 68 valence electrons. The Bertz CT molecular complexity index is 183. The zero-order valence-corrected chi connectivity index (χ0v) is 7.58. The Labute approximate surface area is 72.9 Å². The Morgan fingerprint density at radius 1 is 1.75 bits per heavy atom. The molecular weight excluding hydrogens is 154 g/mol. The molecule has 0 rings (SSSR count). The summed E-state index contributed by atoms with van der Waals surface area (Å²) >= 11 is 0. The van der Waals surface area contributed by atoms with Gasteiger partial charge < -0.3 is 10.6 Å². The van der Waals surface area contributed by atoms with Crippen LogP contribution in [-0.2, 0) is 4.79 Å². The smallest absolute Gasteiger partial charge is 0.239 e. The van der Waals surface area contributed by atoms with Gasteiger partial charge in [0.05, 0.1) is 18.5 Å². The number of hydrogen-bond acceptors (Lipinski definition) is 3. The van der Waals surface area contributed by atoms with E-state index in [1.165, 1.54) is 0 Å². The van der Waals surface area contributed by atoms with Gasteiger partial charge in [0.15, 0.2) is 0 Å². The fraction of sp³-hybridized carbons (Fsp3) is 0.750. The summed E-state index contributed by atoms with van der Waals surface area (Å²) in [5.41, 5.74) is 5.41. The summed E-state index contributed by atoms with van der Waals surface area (Å²) in [5.74, 6) is -0.0900. The van der Waals surface area contributed by atoms with Gasteiger partial charge in [-0.25, -0.2) is 0 Å². The van der Waals surface area contributed by atoms with Gasteiger partial charge in [-0.2, -0.15) is 5.26 Å². The summed E-state index contributed by atoms with van der Waals surface area (Å²) < 4.78 is 0. The van der Waals surface area contributed by atoms with E-state index < -0.39 is 6.04 Å². The van der Waals surface area contributed by atoms with Crippen molar-refractivity contribution in [2.75, 3.05) is 13.1 Å². The maximum Gasteiger partial charge on any atom is 0.239 e. The molecule has 1 atom stereocenters. The molecule has 0 unspecified atom stereocenters. The summed E-state index contributed by atoms with van der Waals surface area (Å²) in [5, 5.41) is 8.31. The molecule has 0 saturated carbocycles. The summed E-state index contributed by atoms with van der Waals surface area (Å²) in [6.07, 6.45) is 0.367. The number of nitrogens with zero attached hydrogens (tertiary/aromatic N) is 2. The molecule has 0 spiro atoms. The van der Waals surface area contributed by atoms with E-state index in [0.717, 1.165) is 0 Å². The highest BCUT2D eigenvalue weighted by atomic mass is 16.2. The minimum absolute atomic E-state index is 0.0900. The van der Waals surface area contributed by atoms with Crippen molar-refractivity contribution < 1.29 is 4.79 Å². The Kier molecular flexibility index (Phi) is 5.06. The molecule has 0 aliphatic rings. The van der Waals surface area contributed by atoms with Crippen LogP contribution in [0.5, 0.6) is 0 Å². The van der Waals surface area contributed by atoms with Gasteiger partial charge in [-0.3, -0.25) is 4.79 Å². The van der Waals surface area contributed by atoms with Gasteiger partial charge in [0.25, 0.3) is 0 Å². The molecule has 0 aliphatic carbocycles. The maximum atomic E-state index is 11.3. The second-order valence-corrected chi connectivity index (χ2v) is 2.61. The first-order valence-electron chi connectivity index (χ1n) is 4.04. The van der Waals surface area contributed by atoms with E-state index in [0.29, 0.717) is 19.5 Å². The van der Waals surface area contributed by atoms with Gasteiger partial charge in [-0.15, -0.1) is 0 Å². The third-order valence-electron chi connectivity index (χ3n) is 1.58. The number of rotatable bonds is 4. The Hall–Kier alpha value is -1.08. The lowest BCUT2D eigenvalue weighted by Gasteiger charge is -2.21. The van der Waals surface area contributed by atoms with E-state index in [1.54, 1.807) is 11.8 Å². The summed E-state index contributed by atoms with van der Waals surface area (Å²) in [6.45, 7) is 4.62. The van der Waals surface area contributed by atoms with E-state index in [1.807, 2.05) is 13.0 Å². The zero-order valence-electron chi connectivity index (χ0n) is 7.58. The van der Waals surface area contributed by atoms with Gasteiger partial charge in [-0.1, -0.05) is 0 Å². The van der Waals surface area contributed by atoms with Crippen LogP contribution < -0.4 is 5.73 Å². The highest BCUT2D eigenvalue weighted by Gasteiger charge is 2.14. The number of nitriles is 1. The summed E-state index contributed by atoms with van der Waals surface area (Å²) in [7, 11) is 0. The third-order valence-corrected chi connectivity index (χ3v) is 1.58. The lowest BCUT2D eigenvalue weighted by atomic mass is 10.3. The summed E-state index contributed by atoms with van der Waals surface area (Å²) in [4.78, 5) is 12.9. The van der Waals surface area contributed by atoms with Gasteiger partial charge in [0.1, 0.15) is 0 Å². The van der Waals surface area contributed by atoms with E-state index in [2.05, 4.69) is 0 Å². The standard InChI is InChI=1S/C8H15N3O/c1-3-11(6-4-5-9)8(12)7(2)10/h7H,3-4,6,10H2,1-2H3/t7-/m0/s1. The number of carbonyl (C=O) groups excluding carboxylic acids is 1. The predicted molar refractivity (Wildman–Crippen MR) is 46.1 cm³/mol. The molecule has 0 fully saturated rings. The SMILES string of the molecule is CCN(CCC#N)C(=O)[C@H](C)N. The van der Waals surface area contributed by atoms with Gasteiger partial charge >= 0.3 is 0 Å². The van der Waals surface area contributed by atoms with E-state index in [-0.39, 0.29) is 5.91 Å². The number of hydrogen-bond donors (Lipinski definition) is 1. The molecule has 0 radical (unpaired) electrons. The van der Waals surface area contributed by atoms with Crippen LogP contribution in [-0.4, -0.2) is 29.9 Å². The van der Waals surface area contributed by atoms with Crippen LogP contribution in [0.4, 0.5) is 0 Å². The molecule has 2 N–H and O–H groups in total. The van der Waals surface area contributed by atoms with Crippen LogP contribution in [0, 0.1) is 11.3 Å². The van der Waals surface area contributed by atoms with Crippen molar-refractivity contribution in [1.29, 1.82) is 5.26 Å². The van der Waals surface area contributed by atoms with Crippen molar-refractivity contribution in [2.24, 2.45) is 5.73 Å². The average Bonchev–Trinajstić information content (AvgIpc) is 2.05. The monoisotopic (exact) mass is 169 g/mol. The maximum absolute atomic E-state index is 11.3. The normalized spacial score (nSPS) is 11.8. The third kappa shape index (κ3) is 3.35. The Balaban J connectivity index is 3.98. The minimum atomic E-state index is -0.469. The topological polar surface area (TPSA) is 70.1 Å². The zero-order chi connectivity index (χ0) is 9.56. The number of carbonyl (C=O) groups is 1. The Morgan fingerprint density at radius 3 is 2.67 bits per heavy atom. The van der Waals surface area contributed by atoms with Gasteiger partial charge in [0.2, 0.25) is 5.91 Å². The van der Waals surface area contributed by atoms with E-state index in [9.17, 15) is 4.79 Å². The second-order valence-electron chi connectivity index (χ2n) is 2.61. The molecule has 0 saturated heterocycles. The van der Waals surface area contributed by atoms with Crippen LogP contribution >= 0.6 is 0 Å². The first-order valence-corrected chi connectivity index (χ1v) is 4.04. The fourth-order valence-corrected chi connectivity index (χ4v) is 0.897. The van der Waals surface area contributed by atoms with Crippen LogP contribution in [0.15, 0.2) is 0 Å².